The number of ether oxygens (including phenoxy) is 5. The zero-order valence-corrected chi connectivity index (χ0v) is 26.8. The second kappa shape index (κ2) is 17.6. The summed E-state index contributed by atoms with van der Waals surface area (Å²) in [6.45, 7) is -3.96. The van der Waals surface area contributed by atoms with E-state index in [0.717, 1.165) is 12.8 Å². The van der Waals surface area contributed by atoms with Crippen LogP contribution in [0.1, 0.15) is 23.2 Å². The highest BCUT2D eigenvalue weighted by atomic mass is 35.5. The summed E-state index contributed by atoms with van der Waals surface area (Å²) < 4.78 is 50.4. The number of aliphatic hydroxyl groups is 8. The Morgan fingerprint density at radius 3 is 2.14 bits per heavy atom. The number of alkyl halides is 2. The van der Waals surface area contributed by atoms with Gasteiger partial charge >= 0.3 is 6.61 Å². The maximum Gasteiger partial charge on any atom is 0.387 e. The van der Waals surface area contributed by atoms with Gasteiger partial charge in [0.05, 0.1) is 35.6 Å². The molecule has 9 N–H and O–H groups in total. The molecule has 2 aliphatic heterocycles. The minimum Gasteiger partial charge on any atom is -0.489 e. The predicted octanol–water partition coefficient (Wildman–Crippen LogP) is -0.366. The molecular weight excluding hydrogens is 709 g/mol. The van der Waals surface area contributed by atoms with Gasteiger partial charge in [0.2, 0.25) is 0 Å². The summed E-state index contributed by atoms with van der Waals surface area (Å²) >= 11 is 12.0. The van der Waals surface area contributed by atoms with Crippen molar-refractivity contribution in [3.8, 4) is 11.5 Å². The summed E-state index contributed by atoms with van der Waals surface area (Å²) in [6, 6.07) is 3.96. The van der Waals surface area contributed by atoms with Crippen molar-refractivity contribution < 1.29 is 78.1 Å². The number of amides is 1. The highest BCUT2D eigenvalue weighted by Crippen LogP contribution is 2.35. The quantitative estimate of drug-likeness (QED) is 0.142. The Bertz CT molecular complexity index is 1370. The number of nitrogens with one attached hydrogen (secondary N) is 1. The number of hydrogen-bond acceptors (Lipinski definition) is 15. The van der Waals surface area contributed by atoms with Gasteiger partial charge in [0, 0.05) is 18.0 Å². The largest absolute Gasteiger partial charge is 0.489 e. The molecule has 0 radical (unpaired) electrons. The van der Waals surface area contributed by atoms with Crippen LogP contribution >= 0.6 is 23.2 Å². The molecule has 2 aromatic rings. The van der Waals surface area contributed by atoms with E-state index in [4.69, 9.17) is 47.3 Å². The normalized spacial score (nSPS) is 31.4. The number of pyridine rings is 1. The SMILES string of the molecule is O=C(Nc1c(Cl)cncc1Cl)c1ccc(OC(F)F)c(OCC2CC2)c1.OC[C@H]1O[C@@H](O[C@H]2[C@H](O)[C@@H](O)[C@H](O)O[C@@H]2CO)[C@H](O)[C@@H](O)[C@H]1O. The van der Waals surface area contributed by atoms with Gasteiger partial charge in [0.25, 0.3) is 5.91 Å². The summed E-state index contributed by atoms with van der Waals surface area (Å²) in [4.78, 5) is 16.3. The number of carbonyl (C=O) groups is 1. The second-order valence-corrected chi connectivity index (χ2v) is 12.1. The molecule has 1 saturated carbocycles. The number of benzene rings is 1. The molecule has 274 valence electrons. The summed E-state index contributed by atoms with van der Waals surface area (Å²) in [6.07, 6.45) is -10.8. The van der Waals surface area contributed by atoms with Crippen molar-refractivity contribution in [1.82, 2.24) is 4.98 Å². The molecule has 0 bridgehead atoms. The lowest BCUT2D eigenvalue weighted by Crippen LogP contribution is -2.64. The van der Waals surface area contributed by atoms with Crippen molar-refractivity contribution in [2.45, 2.75) is 80.9 Å². The lowest BCUT2D eigenvalue weighted by molar-refractivity contribution is -0.355. The van der Waals surface area contributed by atoms with Crippen LogP contribution in [-0.2, 0) is 14.2 Å². The summed E-state index contributed by atoms with van der Waals surface area (Å²) in [5, 5.41) is 79.4. The van der Waals surface area contributed by atoms with Crippen LogP contribution in [0.5, 0.6) is 11.5 Å². The minimum atomic E-state index is -2.99. The van der Waals surface area contributed by atoms with Crippen molar-refractivity contribution in [3.63, 3.8) is 0 Å². The first-order chi connectivity index (χ1) is 23.2. The number of rotatable bonds is 11. The van der Waals surface area contributed by atoms with Crippen molar-refractivity contribution >= 4 is 34.8 Å². The molecule has 1 aliphatic carbocycles. The lowest BCUT2D eigenvalue weighted by Gasteiger charge is -2.45. The van der Waals surface area contributed by atoms with E-state index in [1.54, 1.807) is 0 Å². The van der Waals surface area contributed by atoms with Gasteiger partial charge < -0.3 is 69.9 Å². The van der Waals surface area contributed by atoms with Crippen molar-refractivity contribution in [1.29, 1.82) is 0 Å². The molecule has 3 fully saturated rings. The van der Waals surface area contributed by atoms with E-state index in [0.29, 0.717) is 12.5 Å². The fourth-order valence-electron chi connectivity index (χ4n) is 4.73. The van der Waals surface area contributed by atoms with Gasteiger partial charge in [-0.3, -0.25) is 9.78 Å². The van der Waals surface area contributed by atoms with Crippen LogP contribution in [0, 0.1) is 5.92 Å². The zero-order chi connectivity index (χ0) is 36.0. The molecular formula is C29H36Cl2F2N2O14. The van der Waals surface area contributed by atoms with Crippen LogP contribution in [-0.4, -0.2) is 140 Å². The van der Waals surface area contributed by atoms with Gasteiger partial charge in [-0.15, -0.1) is 0 Å². The minimum absolute atomic E-state index is 0.0803. The predicted molar refractivity (Wildman–Crippen MR) is 162 cm³/mol. The number of aromatic nitrogens is 1. The van der Waals surface area contributed by atoms with E-state index in [9.17, 15) is 49.3 Å². The second-order valence-electron chi connectivity index (χ2n) is 11.3. The van der Waals surface area contributed by atoms with Gasteiger partial charge in [-0.2, -0.15) is 8.78 Å². The van der Waals surface area contributed by atoms with Gasteiger partial charge in [-0.1, -0.05) is 23.2 Å². The number of aliphatic hydroxyl groups excluding tert-OH is 8. The highest BCUT2D eigenvalue weighted by Gasteiger charge is 2.50. The molecule has 1 amide bonds. The smallest absolute Gasteiger partial charge is 0.387 e. The van der Waals surface area contributed by atoms with Crippen LogP contribution in [0.3, 0.4) is 0 Å². The van der Waals surface area contributed by atoms with Crippen LogP contribution in [0.2, 0.25) is 10.0 Å². The Morgan fingerprint density at radius 2 is 1.55 bits per heavy atom. The molecule has 0 spiro atoms. The standard InChI is InChI=1S/C17H14Cl2F2N2O3.C12H22O11/c18-11-6-22-7-12(19)15(11)23-16(24)10-3-4-13(26-17(20)21)14(5-10)25-8-9-1-2-9;13-1-3-5(15)6(16)9(19)12(22-3)23-10-4(2-14)21-11(20)8(18)7(10)17/h3-7,9,17H,1-2,8H2,(H,22,23,24);3-20H,1-2H2/t;3-,4-,5+,6+,7-,8-,9-,10-,11-,12+/m.1/s1. The maximum atomic E-state index is 12.6. The molecule has 16 nitrogen and oxygen atoms in total. The van der Waals surface area contributed by atoms with Crippen LogP contribution in [0.25, 0.3) is 0 Å². The van der Waals surface area contributed by atoms with E-state index in [-0.39, 0.29) is 32.8 Å². The molecule has 5 rings (SSSR count). The van der Waals surface area contributed by atoms with E-state index in [2.05, 4.69) is 15.0 Å². The summed E-state index contributed by atoms with van der Waals surface area (Å²) in [7, 11) is 0. The Kier molecular flexibility index (Phi) is 14.1. The summed E-state index contributed by atoms with van der Waals surface area (Å²) in [5.41, 5.74) is 0.392. The van der Waals surface area contributed by atoms with E-state index in [1.165, 1.54) is 30.6 Å². The summed E-state index contributed by atoms with van der Waals surface area (Å²) in [5.74, 6) is -0.171. The average molecular weight is 746 g/mol. The molecule has 1 aromatic heterocycles. The zero-order valence-electron chi connectivity index (χ0n) is 25.3. The van der Waals surface area contributed by atoms with Gasteiger partial charge in [-0.05, 0) is 37.0 Å². The topological polar surface area (TPSA) is 250 Å². The molecule has 0 unspecified atom stereocenters. The van der Waals surface area contributed by atoms with E-state index < -0.39 is 87.1 Å². The highest BCUT2D eigenvalue weighted by molar-refractivity contribution is 6.39. The number of anilines is 1. The van der Waals surface area contributed by atoms with Gasteiger partial charge in [0.15, 0.2) is 24.1 Å². The van der Waals surface area contributed by atoms with Gasteiger partial charge in [0.1, 0.15) is 48.8 Å². The number of hydrogen-bond donors (Lipinski definition) is 9. The van der Waals surface area contributed by atoms with Crippen molar-refractivity contribution in [2.24, 2.45) is 5.92 Å². The van der Waals surface area contributed by atoms with Crippen LogP contribution < -0.4 is 14.8 Å². The first-order valence-corrected chi connectivity index (χ1v) is 15.6. The molecule has 3 aliphatic rings. The van der Waals surface area contributed by atoms with E-state index in [1.807, 2.05) is 0 Å². The monoisotopic (exact) mass is 744 g/mol. The number of carbonyl (C=O) groups excluding carboxylic acids is 1. The van der Waals surface area contributed by atoms with E-state index >= 15 is 0 Å². The lowest BCUT2D eigenvalue weighted by atomic mass is 9.97. The Morgan fingerprint density at radius 1 is 0.898 bits per heavy atom. The third-order valence-corrected chi connectivity index (χ3v) is 8.24. The van der Waals surface area contributed by atoms with Crippen LogP contribution in [0.15, 0.2) is 30.6 Å². The number of nitrogens with zero attached hydrogens (tertiary/aromatic N) is 1. The first-order valence-electron chi connectivity index (χ1n) is 14.8. The van der Waals surface area contributed by atoms with Crippen LogP contribution in [0.4, 0.5) is 14.5 Å². The fourth-order valence-corrected chi connectivity index (χ4v) is 5.19. The van der Waals surface area contributed by atoms with Crippen molar-refractivity contribution in [2.75, 3.05) is 25.1 Å². The first kappa shape index (κ1) is 39.2. The molecule has 2 saturated heterocycles. The molecule has 49 heavy (non-hydrogen) atoms. The molecule has 1 aromatic carbocycles. The fraction of sp³-hybridized carbons (Fsp3) is 0.586. The maximum absolute atomic E-state index is 12.6. The number of halogens is 4. The van der Waals surface area contributed by atoms with Gasteiger partial charge in [-0.25, -0.2) is 0 Å². The Labute approximate surface area is 287 Å². The Hall–Kier alpha value is -2.56. The third kappa shape index (κ3) is 10.0. The Balaban J connectivity index is 0.000000223. The molecule has 10 atom stereocenters. The van der Waals surface area contributed by atoms with Crippen molar-refractivity contribution in [3.05, 3.63) is 46.2 Å². The average Bonchev–Trinajstić information content (AvgIpc) is 3.91. The molecule has 3 heterocycles. The third-order valence-electron chi connectivity index (χ3n) is 7.66. The molecule has 20 heteroatoms.